The Morgan fingerprint density at radius 1 is 1.12 bits per heavy atom. The molecule has 2 aromatic carbocycles. The largest absolute Gasteiger partial charge is 0.478 e. The predicted molar refractivity (Wildman–Crippen MR) is 92.3 cm³/mol. The van der Waals surface area contributed by atoms with E-state index >= 15 is 0 Å². The van der Waals surface area contributed by atoms with E-state index in [0.717, 1.165) is 28.2 Å². The van der Waals surface area contributed by atoms with E-state index in [1.807, 2.05) is 23.7 Å². The van der Waals surface area contributed by atoms with Crippen molar-refractivity contribution in [2.45, 2.75) is 20.0 Å². The van der Waals surface area contributed by atoms with Crippen molar-refractivity contribution in [2.24, 2.45) is 0 Å². The number of fused-ring (bicyclic) bond motifs is 3. The third kappa shape index (κ3) is 2.25. The zero-order valence-corrected chi connectivity index (χ0v) is 13.4. The fourth-order valence-corrected chi connectivity index (χ4v) is 3.15. The minimum atomic E-state index is -0.922. The van der Waals surface area contributed by atoms with Gasteiger partial charge in [0.15, 0.2) is 0 Å². The van der Waals surface area contributed by atoms with E-state index in [0.29, 0.717) is 0 Å². The molecule has 1 atom stereocenters. The van der Waals surface area contributed by atoms with Crippen LogP contribution >= 0.6 is 0 Å². The van der Waals surface area contributed by atoms with Gasteiger partial charge in [0.1, 0.15) is 6.17 Å². The molecular weight excluding hydrogens is 302 g/mol. The molecule has 5 heteroatoms. The molecule has 0 saturated heterocycles. The van der Waals surface area contributed by atoms with E-state index in [-0.39, 0.29) is 11.7 Å². The van der Waals surface area contributed by atoms with Crippen molar-refractivity contribution in [1.29, 1.82) is 0 Å². The number of anilines is 1. The van der Waals surface area contributed by atoms with Gasteiger partial charge in [-0.05, 0) is 49.7 Å². The molecule has 2 heterocycles. The highest BCUT2D eigenvalue weighted by molar-refractivity contribution is 5.87. The average molecular weight is 319 g/mol. The summed E-state index contributed by atoms with van der Waals surface area (Å²) in [6.45, 7) is 4.05. The molecule has 0 spiro atoms. The van der Waals surface area contributed by atoms with Gasteiger partial charge in [-0.2, -0.15) is 5.10 Å². The standard InChI is InChI=1S/C19H17N3O2/c1-11-3-8-16-15(9-11)17-10-12(2)21-22(17)18(20-16)13-4-6-14(7-5-13)19(23)24/h3-10,18,20H,1-2H3,(H,23,24). The van der Waals surface area contributed by atoms with Crippen LogP contribution in [-0.4, -0.2) is 20.9 Å². The summed E-state index contributed by atoms with van der Waals surface area (Å²) in [5, 5.41) is 17.2. The van der Waals surface area contributed by atoms with E-state index in [1.165, 1.54) is 5.56 Å². The van der Waals surface area contributed by atoms with Crippen molar-refractivity contribution < 1.29 is 9.90 Å². The minimum absolute atomic E-state index is 0.160. The van der Waals surface area contributed by atoms with Crippen LogP contribution in [0.2, 0.25) is 0 Å². The zero-order valence-electron chi connectivity index (χ0n) is 13.4. The fraction of sp³-hybridized carbons (Fsp3) is 0.158. The van der Waals surface area contributed by atoms with Gasteiger partial charge in [-0.25, -0.2) is 9.48 Å². The van der Waals surface area contributed by atoms with E-state index in [4.69, 9.17) is 5.11 Å². The molecule has 1 aromatic heterocycles. The van der Waals surface area contributed by atoms with Gasteiger partial charge >= 0.3 is 5.97 Å². The van der Waals surface area contributed by atoms with Crippen LogP contribution in [0.15, 0.2) is 48.5 Å². The molecule has 5 nitrogen and oxygen atoms in total. The first kappa shape index (κ1) is 14.5. The smallest absolute Gasteiger partial charge is 0.335 e. The van der Waals surface area contributed by atoms with Gasteiger partial charge in [-0.1, -0.05) is 23.8 Å². The molecule has 2 N–H and O–H groups in total. The van der Waals surface area contributed by atoms with Gasteiger partial charge in [-0.15, -0.1) is 0 Å². The molecule has 0 aliphatic carbocycles. The number of aryl methyl sites for hydroxylation is 2. The summed E-state index contributed by atoms with van der Waals surface area (Å²) in [5.41, 5.74) is 6.66. The van der Waals surface area contributed by atoms with Crippen LogP contribution in [-0.2, 0) is 0 Å². The number of nitrogens with zero attached hydrogens (tertiary/aromatic N) is 2. The Bertz CT molecular complexity index is 942. The molecule has 1 aliphatic heterocycles. The number of hydrogen-bond donors (Lipinski definition) is 2. The Morgan fingerprint density at radius 2 is 1.88 bits per heavy atom. The number of nitrogens with one attached hydrogen (secondary N) is 1. The van der Waals surface area contributed by atoms with E-state index < -0.39 is 5.97 Å². The molecule has 0 amide bonds. The lowest BCUT2D eigenvalue weighted by Gasteiger charge is -2.29. The molecule has 24 heavy (non-hydrogen) atoms. The quantitative estimate of drug-likeness (QED) is 0.753. The van der Waals surface area contributed by atoms with Crippen molar-refractivity contribution in [1.82, 2.24) is 9.78 Å². The molecule has 1 unspecified atom stereocenters. The number of carbonyl (C=O) groups is 1. The second kappa shape index (κ2) is 5.23. The molecule has 0 bridgehead atoms. The van der Waals surface area contributed by atoms with Crippen molar-refractivity contribution in [3.05, 3.63) is 70.9 Å². The number of carboxylic acids is 1. The molecule has 0 saturated carbocycles. The number of benzene rings is 2. The third-order valence-electron chi connectivity index (χ3n) is 4.32. The maximum absolute atomic E-state index is 11.1. The first-order chi connectivity index (χ1) is 11.5. The summed E-state index contributed by atoms with van der Waals surface area (Å²) in [5.74, 6) is -0.922. The summed E-state index contributed by atoms with van der Waals surface area (Å²) in [4.78, 5) is 11.1. The SMILES string of the molecule is Cc1ccc2c(c1)-c1cc(C)nn1C(c1ccc(C(=O)O)cc1)N2. The fourth-order valence-electron chi connectivity index (χ4n) is 3.15. The van der Waals surface area contributed by atoms with Crippen molar-refractivity contribution in [3.63, 3.8) is 0 Å². The van der Waals surface area contributed by atoms with Crippen LogP contribution in [0.3, 0.4) is 0 Å². The van der Waals surface area contributed by atoms with Crippen LogP contribution in [0, 0.1) is 13.8 Å². The highest BCUT2D eigenvalue weighted by Crippen LogP contribution is 2.38. The van der Waals surface area contributed by atoms with Crippen LogP contribution in [0.4, 0.5) is 5.69 Å². The van der Waals surface area contributed by atoms with Crippen molar-refractivity contribution in [3.8, 4) is 11.3 Å². The lowest BCUT2D eigenvalue weighted by atomic mass is 10.0. The Morgan fingerprint density at radius 3 is 2.58 bits per heavy atom. The van der Waals surface area contributed by atoms with Gasteiger partial charge in [0.2, 0.25) is 0 Å². The molecule has 1 aliphatic rings. The number of carboxylic acid groups (broad SMARTS) is 1. The maximum atomic E-state index is 11.1. The lowest BCUT2D eigenvalue weighted by Crippen LogP contribution is -2.25. The molecule has 0 fully saturated rings. The molecule has 0 radical (unpaired) electrons. The zero-order chi connectivity index (χ0) is 16.8. The second-order valence-corrected chi connectivity index (χ2v) is 6.14. The Kier molecular flexibility index (Phi) is 3.16. The Labute approximate surface area is 139 Å². The first-order valence-electron chi connectivity index (χ1n) is 7.80. The molecule has 120 valence electrons. The summed E-state index contributed by atoms with van der Waals surface area (Å²) in [7, 11) is 0. The average Bonchev–Trinajstić information content (AvgIpc) is 2.96. The Balaban J connectivity index is 1.83. The van der Waals surface area contributed by atoms with Gasteiger partial charge < -0.3 is 10.4 Å². The van der Waals surface area contributed by atoms with Crippen molar-refractivity contribution >= 4 is 11.7 Å². The summed E-state index contributed by atoms with van der Waals surface area (Å²) >= 11 is 0. The van der Waals surface area contributed by atoms with Gasteiger partial charge in [-0.3, -0.25) is 0 Å². The number of aromatic carboxylic acids is 1. The maximum Gasteiger partial charge on any atom is 0.335 e. The van der Waals surface area contributed by atoms with Gasteiger partial charge in [0, 0.05) is 11.3 Å². The number of aromatic nitrogens is 2. The lowest BCUT2D eigenvalue weighted by molar-refractivity contribution is 0.0697. The van der Waals surface area contributed by atoms with Crippen molar-refractivity contribution in [2.75, 3.05) is 5.32 Å². The molecule has 4 rings (SSSR count). The summed E-state index contributed by atoms with van der Waals surface area (Å²) < 4.78 is 1.97. The first-order valence-corrected chi connectivity index (χ1v) is 7.80. The topological polar surface area (TPSA) is 67.2 Å². The molecular formula is C19H17N3O2. The van der Waals surface area contributed by atoms with Crippen LogP contribution in [0.25, 0.3) is 11.3 Å². The number of rotatable bonds is 2. The molecule has 3 aromatic rings. The Hall–Kier alpha value is -3.08. The van der Waals surface area contributed by atoms with Gasteiger partial charge in [0.05, 0.1) is 17.0 Å². The summed E-state index contributed by atoms with van der Waals surface area (Å²) in [6.07, 6.45) is -0.160. The van der Waals surface area contributed by atoms with Crippen LogP contribution in [0.1, 0.15) is 33.3 Å². The van der Waals surface area contributed by atoms with E-state index in [2.05, 4.69) is 41.6 Å². The highest BCUT2D eigenvalue weighted by Gasteiger charge is 2.26. The predicted octanol–water partition coefficient (Wildman–Crippen LogP) is 3.84. The number of hydrogen-bond acceptors (Lipinski definition) is 3. The van der Waals surface area contributed by atoms with E-state index in [9.17, 15) is 4.79 Å². The van der Waals surface area contributed by atoms with Gasteiger partial charge in [0.25, 0.3) is 0 Å². The second-order valence-electron chi connectivity index (χ2n) is 6.14. The monoisotopic (exact) mass is 319 g/mol. The highest BCUT2D eigenvalue weighted by atomic mass is 16.4. The third-order valence-corrected chi connectivity index (χ3v) is 4.32. The van der Waals surface area contributed by atoms with E-state index in [1.54, 1.807) is 12.1 Å². The minimum Gasteiger partial charge on any atom is -0.478 e. The summed E-state index contributed by atoms with van der Waals surface area (Å²) in [6, 6.07) is 15.3. The van der Waals surface area contributed by atoms with Crippen LogP contribution < -0.4 is 5.32 Å². The normalized spacial score (nSPS) is 15.3. The van der Waals surface area contributed by atoms with Crippen LogP contribution in [0.5, 0.6) is 0 Å².